The summed E-state index contributed by atoms with van der Waals surface area (Å²) in [4.78, 5) is 14.5. The van der Waals surface area contributed by atoms with Gasteiger partial charge in [-0.05, 0) is 0 Å². The number of nitrogens with zero attached hydrogens (tertiary/aromatic N) is 1. The average molecular weight is 236 g/mol. The summed E-state index contributed by atoms with van der Waals surface area (Å²) in [5.41, 5.74) is 4.55. The first kappa shape index (κ1) is 12.1. The van der Waals surface area contributed by atoms with Gasteiger partial charge in [0, 0.05) is 6.07 Å². The SMILES string of the molecule is COC(=O)c1cc(OC(F)(F)F)c(N)cn1. The van der Waals surface area contributed by atoms with Gasteiger partial charge in [-0.2, -0.15) is 0 Å². The van der Waals surface area contributed by atoms with Crippen LogP contribution in [-0.4, -0.2) is 24.4 Å². The van der Waals surface area contributed by atoms with E-state index in [0.29, 0.717) is 0 Å². The van der Waals surface area contributed by atoms with E-state index in [1.807, 2.05) is 0 Å². The van der Waals surface area contributed by atoms with E-state index in [1.165, 1.54) is 0 Å². The number of anilines is 1. The fourth-order valence-corrected chi connectivity index (χ4v) is 0.877. The number of ether oxygens (including phenoxy) is 2. The first-order valence-corrected chi connectivity index (χ1v) is 3.93. The van der Waals surface area contributed by atoms with Gasteiger partial charge in [0.1, 0.15) is 0 Å². The van der Waals surface area contributed by atoms with Crippen LogP contribution in [0.5, 0.6) is 5.75 Å². The third-order valence-corrected chi connectivity index (χ3v) is 1.52. The lowest BCUT2D eigenvalue weighted by Crippen LogP contribution is -2.18. The van der Waals surface area contributed by atoms with Crippen LogP contribution in [0.15, 0.2) is 12.3 Å². The van der Waals surface area contributed by atoms with Gasteiger partial charge in [0.15, 0.2) is 11.4 Å². The van der Waals surface area contributed by atoms with Crippen LogP contribution in [0.25, 0.3) is 0 Å². The van der Waals surface area contributed by atoms with Crippen LogP contribution in [-0.2, 0) is 4.74 Å². The number of carbonyl (C=O) groups is 1. The molecule has 0 aromatic carbocycles. The quantitative estimate of drug-likeness (QED) is 0.784. The molecule has 0 radical (unpaired) electrons. The summed E-state index contributed by atoms with van der Waals surface area (Å²) in [6.07, 6.45) is -4.00. The van der Waals surface area contributed by atoms with Gasteiger partial charge in [-0.25, -0.2) is 9.78 Å². The molecule has 1 rings (SSSR count). The molecule has 0 aliphatic rings. The van der Waals surface area contributed by atoms with Gasteiger partial charge in [0.05, 0.1) is 19.0 Å². The largest absolute Gasteiger partial charge is 0.573 e. The van der Waals surface area contributed by atoms with Crippen LogP contribution < -0.4 is 10.5 Å². The summed E-state index contributed by atoms with van der Waals surface area (Å²) in [5, 5.41) is 0. The Kier molecular flexibility index (Phi) is 3.21. The molecule has 1 heterocycles. The van der Waals surface area contributed by atoms with Crippen molar-refractivity contribution in [3.05, 3.63) is 18.0 Å². The first-order valence-electron chi connectivity index (χ1n) is 3.93. The minimum atomic E-state index is -4.89. The Morgan fingerprint density at radius 3 is 2.62 bits per heavy atom. The highest BCUT2D eigenvalue weighted by atomic mass is 19.4. The van der Waals surface area contributed by atoms with Crippen molar-refractivity contribution in [1.82, 2.24) is 4.98 Å². The van der Waals surface area contributed by atoms with Crippen molar-refractivity contribution in [3.63, 3.8) is 0 Å². The topological polar surface area (TPSA) is 74.4 Å². The maximum atomic E-state index is 11.9. The lowest BCUT2D eigenvalue weighted by atomic mass is 10.3. The fourth-order valence-electron chi connectivity index (χ4n) is 0.877. The minimum absolute atomic E-state index is 0.323. The zero-order chi connectivity index (χ0) is 12.3. The van der Waals surface area contributed by atoms with Gasteiger partial charge in [-0.1, -0.05) is 0 Å². The Bertz CT molecular complexity index is 406. The van der Waals surface area contributed by atoms with Crippen LogP contribution >= 0.6 is 0 Å². The number of aromatic nitrogens is 1. The van der Waals surface area contributed by atoms with Crippen LogP contribution in [0.4, 0.5) is 18.9 Å². The average Bonchev–Trinajstić information content (AvgIpc) is 2.18. The molecular formula is C8H7F3N2O3. The normalized spacial score (nSPS) is 11.0. The number of rotatable bonds is 2. The van der Waals surface area contributed by atoms with Crippen LogP contribution in [0.1, 0.15) is 10.5 Å². The second-order valence-corrected chi connectivity index (χ2v) is 2.65. The van der Waals surface area contributed by atoms with Crippen molar-refractivity contribution in [2.24, 2.45) is 0 Å². The van der Waals surface area contributed by atoms with Crippen molar-refractivity contribution < 1.29 is 27.4 Å². The van der Waals surface area contributed by atoms with Gasteiger partial charge in [0.25, 0.3) is 0 Å². The molecule has 0 fully saturated rings. The van der Waals surface area contributed by atoms with Crippen molar-refractivity contribution in [3.8, 4) is 5.75 Å². The number of hydrogen-bond donors (Lipinski definition) is 1. The number of nitrogen functional groups attached to an aromatic ring is 1. The predicted octanol–water partition coefficient (Wildman–Crippen LogP) is 1.35. The van der Waals surface area contributed by atoms with E-state index in [4.69, 9.17) is 5.73 Å². The lowest BCUT2D eigenvalue weighted by molar-refractivity contribution is -0.274. The molecule has 0 spiro atoms. The van der Waals surface area contributed by atoms with Gasteiger partial charge in [-0.15, -0.1) is 13.2 Å². The Labute approximate surface area is 88.0 Å². The van der Waals surface area contributed by atoms with Crippen molar-refractivity contribution >= 4 is 11.7 Å². The van der Waals surface area contributed by atoms with Gasteiger partial charge in [-0.3, -0.25) is 0 Å². The van der Waals surface area contributed by atoms with Gasteiger partial charge >= 0.3 is 12.3 Å². The number of methoxy groups -OCH3 is 1. The van der Waals surface area contributed by atoms with E-state index in [9.17, 15) is 18.0 Å². The number of halogens is 3. The summed E-state index contributed by atoms with van der Waals surface area (Å²) in [6.45, 7) is 0. The number of hydrogen-bond acceptors (Lipinski definition) is 5. The van der Waals surface area contributed by atoms with Gasteiger partial charge in [0.2, 0.25) is 0 Å². The standard InChI is InChI=1S/C8H7F3N2O3/c1-15-7(14)5-2-6(4(12)3-13-5)16-8(9,10)11/h2-3H,12H2,1H3. The van der Waals surface area contributed by atoms with E-state index in [0.717, 1.165) is 19.4 Å². The second-order valence-electron chi connectivity index (χ2n) is 2.65. The molecule has 1 aromatic rings. The van der Waals surface area contributed by atoms with Gasteiger partial charge < -0.3 is 15.2 Å². The van der Waals surface area contributed by atoms with E-state index in [2.05, 4.69) is 14.5 Å². The van der Waals surface area contributed by atoms with E-state index in [1.54, 1.807) is 0 Å². The predicted molar refractivity (Wildman–Crippen MR) is 46.7 cm³/mol. The smallest absolute Gasteiger partial charge is 0.464 e. The molecule has 88 valence electrons. The Balaban J connectivity index is 3.04. The molecule has 0 saturated heterocycles. The number of alkyl halides is 3. The Morgan fingerprint density at radius 1 is 1.50 bits per heavy atom. The molecule has 1 aromatic heterocycles. The molecule has 0 aliphatic carbocycles. The number of esters is 1. The molecule has 0 aliphatic heterocycles. The molecule has 5 nitrogen and oxygen atoms in total. The monoisotopic (exact) mass is 236 g/mol. The highest BCUT2D eigenvalue weighted by Gasteiger charge is 2.32. The summed E-state index contributed by atoms with van der Waals surface area (Å²) in [6, 6.07) is 0.759. The Hall–Kier alpha value is -1.99. The molecule has 0 bridgehead atoms. The summed E-state index contributed by atoms with van der Waals surface area (Å²) >= 11 is 0. The van der Waals surface area contributed by atoms with Crippen molar-refractivity contribution in [1.29, 1.82) is 0 Å². The molecule has 16 heavy (non-hydrogen) atoms. The third-order valence-electron chi connectivity index (χ3n) is 1.52. The zero-order valence-electron chi connectivity index (χ0n) is 8.04. The van der Waals surface area contributed by atoms with Crippen LogP contribution in [0, 0.1) is 0 Å². The highest BCUT2D eigenvalue weighted by Crippen LogP contribution is 2.28. The molecule has 2 N–H and O–H groups in total. The highest BCUT2D eigenvalue weighted by molar-refractivity contribution is 5.88. The molecule has 8 heteroatoms. The number of carbonyl (C=O) groups excluding carboxylic acids is 1. The first-order chi connectivity index (χ1) is 7.33. The molecule has 0 saturated carbocycles. The lowest BCUT2D eigenvalue weighted by Gasteiger charge is -2.11. The molecule has 0 unspecified atom stereocenters. The van der Waals surface area contributed by atoms with Crippen LogP contribution in [0.2, 0.25) is 0 Å². The van der Waals surface area contributed by atoms with E-state index >= 15 is 0 Å². The maximum Gasteiger partial charge on any atom is 0.573 e. The summed E-state index contributed by atoms with van der Waals surface area (Å²) < 4.78 is 43.6. The second kappa shape index (κ2) is 4.25. The maximum absolute atomic E-state index is 11.9. The zero-order valence-corrected chi connectivity index (χ0v) is 8.04. The molecule has 0 atom stereocenters. The van der Waals surface area contributed by atoms with Crippen molar-refractivity contribution in [2.75, 3.05) is 12.8 Å². The number of pyridine rings is 1. The molecular weight excluding hydrogens is 229 g/mol. The van der Waals surface area contributed by atoms with Crippen molar-refractivity contribution in [2.45, 2.75) is 6.36 Å². The van der Waals surface area contributed by atoms with Crippen LogP contribution in [0.3, 0.4) is 0 Å². The summed E-state index contributed by atoms with van der Waals surface area (Å²) in [7, 11) is 1.07. The molecule has 0 amide bonds. The fraction of sp³-hybridized carbons (Fsp3) is 0.250. The van der Waals surface area contributed by atoms with E-state index in [-0.39, 0.29) is 11.4 Å². The minimum Gasteiger partial charge on any atom is -0.464 e. The van der Waals surface area contributed by atoms with E-state index < -0.39 is 18.1 Å². The third kappa shape index (κ3) is 3.01. The Morgan fingerprint density at radius 2 is 2.12 bits per heavy atom. The number of nitrogens with two attached hydrogens (primary N) is 1. The summed E-state index contributed by atoms with van der Waals surface area (Å²) in [5.74, 6) is -1.57.